The Labute approximate surface area is 147 Å². The molecule has 136 valence electrons. The van der Waals surface area contributed by atoms with Crippen molar-refractivity contribution in [2.75, 3.05) is 44.2 Å². The third-order valence-electron chi connectivity index (χ3n) is 4.65. The first kappa shape index (κ1) is 17.6. The van der Waals surface area contributed by atoms with Gasteiger partial charge in [-0.15, -0.1) is 0 Å². The summed E-state index contributed by atoms with van der Waals surface area (Å²) in [5.41, 5.74) is -0.898. The summed E-state index contributed by atoms with van der Waals surface area (Å²) in [5.74, 6) is 0.667. The predicted molar refractivity (Wildman–Crippen MR) is 93.2 cm³/mol. The van der Waals surface area contributed by atoms with Crippen molar-refractivity contribution in [3.05, 3.63) is 24.4 Å². The van der Waals surface area contributed by atoms with Crippen molar-refractivity contribution >= 4 is 17.8 Å². The number of pyridine rings is 1. The molecule has 0 spiro atoms. The highest BCUT2D eigenvalue weighted by Crippen LogP contribution is 2.17. The van der Waals surface area contributed by atoms with Crippen LogP contribution in [0.5, 0.6) is 0 Å². The minimum Gasteiger partial charge on any atom is -0.390 e. The smallest absolute Gasteiger partial charge is 0.325 e. The molecule has 2 aliphatic heterocycles. The van der Waals surface area contributed by atoms with Crippen LogP contribution in [0.1, 0.15) is 13.8 Å². The molecular formula is C17H25N5O3. The number of urea groups is 1. The Balaban J connectivity index is 1.48. The van der Waals surface area contributed by atoms with Gasteiger partial charge in [-0.2, -0.15) is 0 Å². The number of imide groups is 1. The van der Waals surface area contributed by atoms with Crippen molar-refractivity contribution < 1.29 is 14.7 Å². The lowest BCUT2D eigenvalue weighted by molar-refractivity contribution is -0.131. The molecule has 2 N–H and O–H groups in total. The van der Waals surface area contributed by atoms with Gasteiger partial charge >= 0.3 is 6.03 Å². The molecule has 25 heavy (non-hydrogen) atoms. The zero-order chi connectivity index (χ0) is 18.0. The van der Waals surface area contributed by atoms with Crippen LogP contribution in [0.4, 0.5) is 10.6 Å². The van der Waals surface area contributed by atoms with E-state index in [9.17, 15) is 14.7 Å². The number of nitrogens with one attached hydrogen (secondary N) is 1. The summed E-state index contributed by atoms with van der Waals surface area (Å²) in [6.07, 6.45) is 1.02. The van der Waals surface area contributed by atoms with Gasteiger partial charge in [0, 0.05) is 38.9 Å². The number of aliphatic hydroxyl groups is 1. The maximum Gasteiger partial charge on any atom is 0.325 e. The van der Waals surface area contributed by atoms with Gasteiger partial charge in [0.15, 0.2) is 0 Å². The number of carbonyl (C=O) groups excluding carboxylic acids is 2. The third kappa shape index (κ3) is 3.91. The van der Waals surface area contributed by atoms with E-state index in [1.165, 1.54) is 0 Å². The fraction of sp³-hybridized carbons (Fsp3) is 0.588. The molecule has 0 saturated carbocycles. The summed E-state index contributed by atoms with van der Waals surface area (Å²) in [7, 11) is 0. The SMILES string of the molecule is CC1(C)NC(=O)N(C[C@H](O)CN2CCN(c3ccccn3)CC2)C1=O. The number of aromatic nitrogens is 1. The molecule has 1 aromatic heterocycles. The van der Waals surface area contributed by atoms with Gasteiger partial charge in [0.2, 0.25) is 0 Å². The lowest BCUT2D eigenvalue weighted by atomic mass is 10.1. The minimum absolute atomic E-state index is 0.0224. The van der Waals surface area contributed by atoms with Gasteiger partial charge in [-0.1, -0.05) is 6.07 Å². The first-order valence-electron chi connectivity index (χ1n) is 8.57. The van der Waals surface area contributed by atoms with Crippen molar-refractivity contribution in [3.63, 3.8) is 0 Å². The number of carbonyl (C=O) groups is 2. The molecule has 3 amide bonds. The maximum atomic E-state index is 12.2. The van der Waals surface area contributed by atoms with Crippen LogP contribution in [0.2, 0.25) is 0 Å². The molecule has 3 rings (SSSR count). The molecule has 2 aliphatic rings. The molecule has 0 unspecified atom stereocenters. The summed E-state index contributed by atoms with van der Waals surface area (Å²) in [5, 5.41) is 12.9. The van der Waals surface area contributed by atoms with Gasteiger partial charge in [-0.05, 0) is 26.0 Å². The molecule has 1 atom stereocenters. The second-order valence-electron chi connectivity index (χ2n) is 7.10. The van der Waals surface area contributed by atoms with Crippen LogP contribution in [0.25, 0.3) is 0 Å². The second-order valence-corrected chi connectivity index (χ2v) is 7.10. The number of hydrogen-bond donors (Lipinski definition) is 2. The highest BCUT2D eigenvalue weighted by Gasteiger charge is 2.44. The highest BCUT2D eigenvalue weighted by molar-refractivity contribution is 6.06. The fourth-order valence-corrected chi connectivity index (χ4v) is 3.25. The topological polar surface area (TPSA) is 89.0 Å². The van der Waals surface area contributed by atoms with Gasteiger partial charge in [-0.25, -0.2) is 9.78 Å². The maximum absolute atomic E-state index is 12.2. The molecule has 8 heteroatoms. The number of piperazine rings is 1. The Bertz CT molecular complexity index is 628. The molecule has 0 aromatic carbocycles. The van der Waals surface area contributed by atoms with E-state index in [0.29, 0.717) is 6.54 Å². The summed E-state index contributed by atoms with van der Waals surface area (Å²) >= 11 is 0. The molecule has 3 heterocycles. The summed E-state index contributed by atoms with van der Waals surface area (Å²) in [4.78, 5) is 33.9. The van der Waals surface area contributed by atoms with Crippen molar-refractivity contribution in [2.45, 2.75) is 25.5 Å². The van der Waals surface area contributed by atoms with Crippen LogP contribution >= 0.6 is 0 Å². The Morgan fingerprint density at radius 1 is 1.20 bits per heavy atom. The average molecular weight is 347 g/mol. The predicted octanol–water partition coefficient (Wildman–Crippen LogP) is -0.105. The fourth-order valence-electron chi connectivity index (χ4n) is 3.25. The van der Waals surface area contributed by atoms with Crippen LogP contribution in [-0.2, 0) is 4.79 Å². The molecule has 0 radical (unpaired) electrons. The van der Waals surface area contributed by atoms with Crippen molar-refractivity contribution in [2.24, 2.45) is 0 Å². The monoisotopic (exact) mass is 347 g/mol. The molecule has 8 nitrogen and oxygen atoms in total. The summed E-state index contributed by atoms with van der Waals surface area (Å²) in [6.45, 7) is 7.06. The van der Waals surface area contributed by atoms with Crippen molar-refractivity contribution in [1.29, 1.82) is 0 Å². The quantitative estimate of drug-likeness (QED) is 0.723. The van der Waals surface area contributed by atoms with E-state index in [4.69, 9.17) is 0 Å². The number of nitrogens with zero attached hydrogens (tertiary/aromatic N) is 4. The third-order valence-corrected chi connectivity index (χ3v) is 4.65. The number of aliphatic hydroxyl groups excluding tert-OH is 1. The van der Waals surface area contributed by atoms with E-state index in [1.54, 1.807) is 20.0 Å². The number of rotatable bonds is 5. The number of anilines is 1. The van der Waals surface area contributed by atoms with Crippen LogP contribution in [0.15, 0.2) is 24.4 Å². The van der Waals surface area contributed by atoms with Gasteiger partial charge in [0.05, 0.1) is 12.6 Å². The summed E-state index contributed by atoms with van der Waals surface area (Å²) in [6, 6.07) is 5.42. The molecule has 0 aliphatic carbocycles. The summed E-state index contributed by atoms with van der Waals surface area (Å²) < 4.78 is 0. The van der Waals surface area contributed by atoms with E-state index < -0.39 is 17.7 Å². The molecule has 0 bridgehead atoms. The van der Waals surface area contributed by atoms with Crippen LogP contribution in [0, 0.1) is 0 Å². The van der Waals surface area contributed by atoms with Gasteiger partial charge < -0.3 is 15.3 Å². The van der Waals surface area contributed by atoms with Gasteiger partial charge in [0.25, 0.3) is 5.91 Å². The average Bonchev–Trinajstić information content (AvgIpc) is 2.78. The van der Waals surface area contributed by atoms with Gasteiger partial charge in [0.1, 0.15) is 11.4 Å². The van der Waals surface area contributed by atoms with Crippen LogP contribution < -0.4 is 10.2 Å². The van der Waals surface area contributed by atoms with E-state index in [-0.39, 0.29) is 12.5 Å². The Morgan fingerprint density at radius 2 is 1.92 bits per heavy atom. The normalized spacial score (nSPS) is 22.2. The highest BCUT2D eigenvalue weighted by atomic mass is 16.3. The lowest BCUT2D eigenvalue weighted by Gasteiger charge is -2.36. The largest absolute Gasteiger partial charge is 0.390 e. The van der Waals surface area contributed by atoms with Crippen molar-refractivity contribution in [1.82, 2.24) is 20.1 Å². The number of β-amino-alcohol motifs (C(OH)–C–C–N with tert-alkyl or cyclic N) is 1. The zero-order valence-corrected chi connectivity index (χ0v) is 14.7. The Hall–Kier alpha value is -2.19. The van der Waals surface area contributed by atoms with Gasteiger partial charge in [-0.3, -0.25) is 14.6 Å². The molecule has 2 saturated heterocycles. The lowest BCUT2D eigenvalue weighted by Crippen LogP contribution is -2.51. The molecule has 2 fully saturated rings. The number of amides is 3. The van der Waals surface area contributed by atoms with Crippen LogP contribution in [-0.4, -0.2) is 82.7 Å². The van der Waals surface area contributed by atoms with Crippen molar-refractivity contribution in [3.8, 4) is 0 Å². The van der Waals surface area contributed by atoms with E-state index in [1.807, 2.05) is 18.2 Å². The standard InChI is InChI=1S/C17H25N5O3/c1-17(2)15(24)22(16(25)19-17)12-13(23)11-20-7-9-21(10-8-20)14-5-3-4-6-18-14/h3-6,13,23H,7-12H2,1-2H3,(H,19,25)/t13-/m1/s1. The molecular weight excluding hydrogens is 322 g/mol. The first-order chi connectivity index (χ1) is 11.9. The molecule has 1 aromatic rings. The zero-order valence-electron chi connectivity index (χ0n) is 14.7. The minimum atomic E-state index is -0.898. The van der Waals surface area contributed by atoms with E-state index in [2.05, 4.69) is 20.1 Å². The number of hydrogen-bond acceptors (Lipinski definition) is 6. The van der Waals surface area contributed by atoms with E-state index in [0.717, 1.165) is 36.9 Å². The Kier molecular flexibility index (Phi) is 4.91. The van der Waals surface area contributed by atoms with E-state index >= 15 is 0 Å². The van der Waals surface area contributed by atoms with Crippen LogP contribution in [0.3, 0.4) is 0 Å². The Morgan fingerprint density at radius 3 is 2.48 bits per heavy atom. The second kappa shape index (κ2) is 6.97. The first-order valence-corrected chi connectivity index (χ1v) is 8.57.